The van der Waals surface area contributed by atoms with Crippen LogP contribution in [0.15, 0.2) is 42.5 Å². The highest BCUT2D eigenvalue weighted by molar-refractivity contribution is 6.33. The molecule has 0 radical (unpaired) electrons. The molecule has 2 atom stereocenters. The van der Waals surface area contributed by atoms with Crippen molar-refractivity contribution in [2.75, 3.05) is 13.2 Å². The molecule has 0 aliphatic heterocycles. The fraction of sp³-hybridized carbons (Fsp3) is 0.519. The average Bonchev–Trinajstić information content (AvgIpc) is 2.80. The first-order valence-corrected chi connectivity index (χ1v) is 12.3. The van der Waals surface area contributed by atoms with Crippen LogP contribution in [0.5, 0.6) is 0 Å². The smallest absolute Gasteiger partial charge is 0.407 e. The van der Waals surface area contributed by atoms with E-state index in [0.29, 0.717) is 31.0 Å². The summed E-state index contributed by atoms with van der Waals surface area (Å²) in [4.78, 5) is 11.7. The van der Waals surface area contributed by atoms with Crippen LogP contribution in [0.2, 0.25) is 5.02 Å². The molecule has 1 amide bonds. The highest BCUT2D eigenvalue weighted by Gasteiger charge is 2.38. The van der Waals surface area contributed by atoms with Gasteiger partial charge in [0.2, 0.25) is 0 Å². The van der Waals surface area contributed by atoms with Crippen LogP contribution in [-0.4, -0.2) is 24.4 Å². The second-order valence-electron chi connectivity index (χ2n) is 8.29. The number of aliphatic hydroxyl groups is 1. The van der Waals surface area contributed by atoms with Gasteiger partial charge in [-0.25, -0.2) is 4.79 Å². The summed E-state index contributed by atoms with van der Waals surface area (Å²) >= 11 is 6.74. The SMILES string of the molecule is CCC[C@H](CC)[C@@](O)(CCCNC(=O)OCC)c1cccc(Cl)c1-c1cccc(CC)c1. The molecular formula is C27H38ClNO3. The number of hydrogen-bond donors (Lipinski definition) is 2. The number of alkyl carbamates (subject to hydrolysis) is 1. The van der Waals surface area contributed by atoms with Gasteiger partial charge >= 0.3 is 6.09 Å². The molecule has 0 spiro atoms. The minimum atomic E-state index is -1.05. The Morgan fingerprint density at radius 1 is 1.16 bits per heavy atom. The van der Waals surface area contributed by atoms with Gasteiger partial charge in [0.15, 0.2) is 0 Å². The zero-order valence-corrected chi connectivity index (χ0v) is 20.7. The van der Waals surface area contributed by atoms with Crippen molar-refractivity contribution in [3.8, 4) is 11.1 Å². The van der Waals surface area contributed by atoms with E-state index in [-0.39, 0.29) is 5.92 Å². The Balaban J connectivity index is 2.47. The molecular weight excluding hydrogens is 422 g/mol. The number of aryl methyl sites for hydroxylation is 1. The minimum absolute atomic E-state index is 0.0849. The standard InChI is InChI=1S/C27H38ClNO3/c1-5-12-22(7-3)27(31,17-11-18-29-26(30)32-8-4)23-15-10-16-24(28)25(23)21-14-9-13-20(6-2)19-21/h9-10,13-16,19,22,31H,5-8,11-12,17-18H2,1-4H3,(H,29,30)/t22-,27-/m0/s1. The van der Waals surface area contributed by atoms with E-state index < -0.39 is 11.7 Å². The van der Waals surface area contributed by atoms with Crippen molar-refractivity contribution < 1.29 is 14.6 Å². The molecule has 0 fully saturated rings. The van der Waals surface area contributed by atoms with Crippen LogP contribution in [0, 0.1) is 5.92 Å². The Bertz CT molecular complexity index is 870. The van der Waals surface area contributed by atoms with E-state index in [1.165, 1.54) is 5.56 Å². The zero-order valence-electron chi connectivity index (χ0n) is 19.9. The number of amides is 1. The van der Waals surface area contributed by atoms with E-state index in [9.17, 15) is 9.90 Å². The van der Waals surface area contributed by atoms with Crippen LogP contribution in [0.25, 0.3) is 11.1 Å². The van der Waals surface area contributed by atoms with Crippen molar-refractivity contribution in [1.29, 1.82) is 0 Å². The lowest BCUT2D eigenvalue weighted by atomic mass is 9.72. The Hall–Kier alpha value is -2.04. The molecule has 176 valence electrons. The first kappa shape index (κ1) is 26.2. The highest BCUT2D eigenvalue weighted by atomic mass is 35.5. The Morgan fingerprint density at radius 3 is 2.56 bits per heavy atom. The van der Waals surface area contributed by atoms with E-state index in [1.54, 1.807) is 6.92 Å². The van der Waals surface area contributed by atoms with Gasteiger partial charge in [-0.15, -0.1) is 0 Å². The maximum Gasteiger partial charge on any atom is 0.407 e. The second-order valence-corrected chi connectivity index (χ2v) is 8.69. The fourth-order valence-electron chi connectivity index (χ4n) is 4.54. The molecule has 0 saturated carbocycles. The number of ether oxygens (including phenoxy) is 1. The van der Waals surface area contributed by atoms with Gasteiger partial charge in [0.1, 0.15) is 0 Å². The van der Waals surface area contributed by atoms with Gasteiger partial charge in [0.05, 0.1) is 12.2 Å². The van der Waals surface area contributed by atoms with Gasteiger partial charge in [-0.3, -0.25) is 0 Å². The lowest BCUT2D eigenvalue weighted by Crippen LogP contribution is -2.37. The maximum absolute atomic E-state index is 12.2. The summed E-state index contributed by atoms with van der Waals surface area (Å²) in [7, 11) is 0. The van der Waals surface area contributed by atoms with Crippen molar-refractivity contribution in [1.82, 2.24) is 5.32 Å². The van der Waals surface area contributed by atoms with Gasteiger partial charge in [-0.2, -0.15) is 0 Å². The third-order valence-electron chi connectivity index (χ3n) is 6.19. The molecule has 0 aliphatic carbocycles. The molecule has 0 aromatic heterocycles. The summed E-state index contributed by atoms with van der Waals surface area (Å²) in [5, 5.41) is 15.6. The van der Waals surface area contributed by atoms with Crippen molar-refractivity contribution in [3.05, 3.63) is 58.6 Å². The second kappa shape index (κ2) is 12.9. The van der Waals surface area contributed by atoms with Crippen LogP contribution in [0.1, 0.15) is 70.9 Å². The predicted molar refractivity (Wildman–Crippen MR) is 133 cm³/mol. The molecule has 0 unspecified atom stereocenters. The Labute approximate surface area is 198 Å². The number of carbonyl (C=O) groups is 1. The molecule has 2 aromatic rings. The lowest BCUT2D eigenvalue weighted by Gasteiger charge is -2.38. The molecule has 32 heavy (non-hydrogen) atoms. The monoisotopic (exact) mass is 459 g/mol. The fourth-order valence-corrected chi connectivity index (χ4v) is 4.83. The van der Waals surface area contributed by atoms with Crippen LogP contribution < -0.4 is 5.32 Å². The summed E-state index contributed by atoms with van der Waals surface area (Å²) < 4.78 is 4.95. The van der Waals surface area contributed by atoms with Gasteiger partial charge in [-0.05, 0) is 61.3 Å². The Kier molecular flexibility index (Phi) is 10.5. The summed E-state index contributed by atoms with van der Waals surface area (Å²) in [6, 6.07) is 14.2. The number of hydrogen-bond acceptors (Lipinski definition) is 3. The molecule has 0 bridgehead atoms. The van der Waals surface area contributed by atoms with E-state index in [4.69, 9.17) is 16.3 Å². The van der Waals surface area contributed by atoms with Crippen molar-refractivity contribution >= 4 is 17.7 Å². The molecule has 0 saturated heterocycles. The third-order valence-corrected chi connectivity index (χ3v) is 6.50. The normalized spacial score (nSPS) is 13.9. The molecule has 2 rings (SSSR count). The van der Waals surface area contributed by atoms with E-state index in [2.05, 4.69) is 44.3 Å². The minimum Gasteiger partial charge on any atom is -0.450 e. The third kappa shape index (κ3) is 6.49. The van der Waals surface area contributed by atoms with Crippen LogP contribution >= 0.6 is 11.6 Å². The maximum atomic E-state index is 12.2. The van der Waals surface area contributed by atoms with Gasteiger partial charge < -0.3 is 15.2 Å². The molecule has 2 aromatic carbocycles. The topological polar surface area (TPSA) is 58.6 Å². The first-order chi connectivity index (χ1) is 15.4. The summed E-state index contributed by atoms with van der Waals surface area (Å²) in [5.41, 5.74) is 2.98. The van der Waals surface area contributed by atoms with Crippen LogP contribution in [-0.2, 0) is 16.8 Å². The van der Waals surface area contributed by atoms with Crippen LogP contribution in [0.3, 0.4) is 0 Å². The summed E-state index contributed by atoms with van der Waals surface area (Å²) in [5.74, 6) is 0.0849. The van der Waals surface area contributed by atoms with Crippen molar-refractivity contribution in [3.63, 3.8) is 0 Å². The van der Waals surface area contributed by atoms with E-state index in [0.717, 1.165) is 42.4 Å². The molecule has 5 heteroatoms. The number of carbonyl (C=O) groups excluding carboxylic acids is 1. The summed E-state index contributed by atoms with van der Waals surface area (Å²) in [6.45, 7) is 8.98. The van der Waals surface area contributed by atoms with Gasteiger partial charge in [0.25, 0.3) is 0 Å². The average molecular weight is 460 g/mol. The quantitative estimate of drug-likeness (QED) is 0.332. The largest absolute Gasteiger partial charge is 0.450 e. The van der Waals surface area contributed by atoms with Crippen molar-refractivity contribution in [2.45, 2.75) is 71.8 Å². The first-order valence-electron chi connectivity index (χ1n) is 11.9. The Morgan fingerprint density at radius 2 is 1.91 bits per heavy atom. The number of halogens is 1. The van der Waals surface area contributed by atoms with Gasteiger partial charge in [0, 0.05) is 17.1 Å². The molecule has 0 aliphatic rings. The number of nitrogens with one attached hydrogen (secondary N) is 1. The van der Waals surface area contributed by atoms with E-state index in [1.807, 2.05) is 24.3 Å². The zero-order chi connectivity index (χ0) is 23.6. The molecule has 2 N–H and O–H groups in total. The molecule has 4 nitrogen and oxygen atoms in total. The lowest BCUT2D eigenvalue weighted by molar-refractivity contribution is -0.0385. The van der Waals surface area contributed by atoms with Gasteiger partial charge in [-0.1, -0.05) is 81.6 Å². The number of rotatable bonds is 12. The highest BCUT2D eigenvalue weighted by Crippen LogP contribution is 2.45. The molecule has 0 heterocycles. The van der Waals surface area contributed by atoms with Crippen molar-refractivity contribution in [2.24, 2.45) is 5.92 Å². The van der Waals surface area contributed by atoms with Crippen LogP contribution in [0.4, 0.5) is 4.79 Å². The number of benzene rings is 2. The predicted octanol–water partition coefficient (Wildman–Crippen LogP) is 7.11. The summed E-state index contributed by atoms with van der Waals surface area (Å²) in [6.07, 6.45) is 4.44. The van der Waals surface area contributed by atoms with E-state index >= 15 is 0 Å².